The highest BCUT2D eigenvalue weighted by Crippen LogP contribution is 2.30. The molecule has 0 spiro atoms. The van der Waals surface area contributed by atoms with Crippen LogP contribution in [0.5, 0.6) is 0 Å². The van der Waals surface area contributed by atoms with Gasteiger partial charge < -0.3 is 5.32 Å². The topological polar surface area (TPSA) is 82.2 Å². The van der Waals surface area contributed by atoms with E-state index in [0.29, 0.717) is 12.1 Å². The first-order chi connectivity index (χ1) is 12.2. The normalized spacial score (nSPS) is 13.2. The Morgan fingerprint density at radius 1 is 1.42 bits per heavy atom. The quantitative estimate of drug-likeness (QED) is 0.292. The van der Waals surface area contributed by atoms with Gasteiger partial charge in [-0.1, -0.05) is 25.4 Å². The van der Waals surface area contributed by atoms with Crippen LogP contribution < -0.4 is 11.2 Å². The van der Waals surface area contributed by atoms with E-state index in [4.69, 9.17) is 22.9 Å². The summed E-state index contributed by atoms with van der Waals surface area (Å²) in [7, 11) is 1.62. The van der Waals surface area contributed by atoms with Crippen molar-refractivity contribution in [3.8, 4) is 0 Å². The van der Waals surface area contributed by atoms with Crippen LogP contribution in [0.25, 0.3) is 0 Å². The average Bonchev–Trinajstić information content (AvgIpc) is 3.07. The second-order valence-electron chi connectivity index (χ2n) is 6.35. The number of benzene rings is 1. The molecule has 2 aromatic rings. The molecule has 140 valence electrons. The van der Waals surface area contributed by atoms with Gasteiger partial charge in [-0.3, -0.25) is 15.2 Å². The lowest BCUT2D eigenvalue weighted by atomic mass is 9.95. The number of nitrogens with two attached hydrogens (primary N) is 1. The van der Waals surface area contributed by atoms with Crippen LogP contribution in [0.3, 0.4) is 0 Å². The number of hydrogen-bond donors (Lipinski definition) is 3. The molecule has 0 fully saturated rings. The summed E-state index contributed by atoms with van der Waals surface area (Å²) in [6.07, 6.45) is 0.645. The molecule has 2 rings (SSSR count). The highest BCUT2D eigenvalue weighted by molar-refractivity contribution is 7.10. The van der Waals surface area contributed by atoms with E-state index >= 15 is 0 Å². The van der Waals surface area contributed by atoms with Gasteiger partial charge in [-0.15, -0.1) is 11.3 Å². The van der Waals surface area contributed by atoms with Crippen LogP contribution in [0.15, 0.2) is 29.6 Å². The molecule has 8 heteroatoms. The van der Waals surface area contributed by atoms with E-state index in [9.17, 15) is 9.18 Å². The number of rotatable bonds is 6. The summed E-state index contributed by atoms with van der Waals surface area (Å²) in [6, 6.07) is 6.04. The Labute approximate surface area is 161 Å². The van der Waals surface area contributed by atoms with Crippen LogP contribution in [0.2, 0.25) is 5.02 Å². The molecule has 0 aliphatic heterocycles. The first-order valence-electron chi connectivity index (χ1n) is 8.10. The third-order valence-electron chi connectivity index (χ3n) is 4.07. The summed E-state index contributed by atoms with van der Waals surface area (Å²) in [6.45, 7) is 3.89. The zero-order chi connectivity index (χ0) is 19.4. The molecule has 1 aromatic heterocycles. The summed E-state index contributed by atoms with van der Waals surface area (Å²) in [4.78, 5) is 13.5. The van der Waals surface area contributed by atoms with Crippen LogP contribution in [-0.4, -0.2) is 23.8 Å². The maximum atomic E-state index is 13.2. The lowest BCUT2D eigenvalue weighted by Gasteiger charge is -2.16. The minimum atomic E-state index is -0.520. The number of halogens is 2. The maximum Gasteiger partial charge on any atom is 0.227 e. The standard InChI is InChI=1S/C18H22ClFN4OS/c1-10(16-7-12(9-26-16)17(21)24(3)22)6-11(2)18(25)23-13-4-5-15(20)14(19)8-13/h4-5,7-11,21H,6,22H2,1-3H3,(H,23,25)/t10-,11+/m0/s1. The van der Waals surface area contributed by atoms with Gasteiger partial charge in [0.05, 0.1) is 5.02 Å². The first-order valence-corrected chi connectivity index (χ1v) is 9.36. The number of nitrogens with one attached hydrogen (secondary N) is 2. The summed E-state index contributed by atoms with van der Waals surface area (Å²) < 4.78 is 13.2. The predicted octanol–water partition coefficient (Wildman–Crippen LogP) is 4.44. The second kappa shape index (κ2) is 8.62. The monoisotopic (exact) mass is 396 g/mol. The molecule has 26 heavy (non-hydrogen) atoms. The molecule has 1 amide bonds. The molecule has 0 saturated carbocycles. The van der Waals surface area contributed by atoms with E-state index in [0.717, 1.165) is 10.4 Å². The number of hydrogen-bond acceptors (Lipinski definition) is 4. The third-order valence-corrected chi connectivity index (χ3v) is 5.53. The molecule has 1 aromatic carbocycles. The minimum absolute atomic E-state index is 0.0257. The van der Waals surface area contributed by atoms with Crippen molar-refractivity contribution < 1.29 is 9.18 Å². The zero-order valence-electron chi connectivity index (χ0n) is 14.8. The van der Waals surface area contributed by atoms with Crippen molar-refractivity contribution in [3.05, 3.63) is 50.9 Å². The number of carbonyl (C=O) groups is 1. The minimum Gasteiger partial charge on any atom is -0.326 e. The number of nitrogens with zero attached hydrogens (tertiary/aromatic N) is 1. The lowest BCUT2D eigenvalue weighted by molar-refractivity contribution is -0.119. The number of amides is 1. The van der Waals surface area contributed by atoms with E-state index in [1.165, 1.54) is 23.2 Å². The summed E-state index contributed by atoms with van der Waals surface area (Å²) >= 11 is 7.29. The van der Waals surface area contributed by atoms with Crippen LogP contribution in [0.4, 0.5) is 10.1 Å². The molecule has 0 bridgehead atoms. The number of anilines is 1. The number of hydrazine groups is 1. The smallest absolute Gasteiger partial charge is 0.227 e. The molecule has 1 heterocycles. The summed E-state index contributed by atoms with van der Waals surface area (Å²) in [5.41, 5.74) is 1.23. The van der Waals surface area contributed by atoms with E-state index in [-0.39, 0.29) is 28.6 Å². The summed E-state index contributed by atoms with van der Waals surface area (Å²) in [5.74, 6) is 5.09. The molecule has 5 nitrogen and oxygen atoms in total. The van der Waals surface area contributed by atoms with Crippen LogP contribution >= 0.6 is 22.9 Å². The number of thiophene rings is 1. The van der Waals surface area contributed by atoms with Gasteiger partial charge in [-0.2, -0.15) is 0 Å². The molecular formula is C18H22ClFN4OS. The Morgan fingerprint density at radius 2 is 2.12 bits per heavy atom. The van der Waals surface area contributed by atoms with Gasteiger partial charge in [0.2, 0.25) is 5.91 Å². The van der Waals surface area contributed by atoms with Crippen molar-refractivity contribution in [1.29, 1.82) is 5.41 Å². The van der Waals surface area contributed by atoms with Crippen LogP contribution in [-0.2, 0) is 4.79 Å². The van der Waals surface area contributed by atoms with Crippen molar-refractivity contribution in [1.82, 2.24) is 5.01 Å². The fourth-order valence-electron chi connectivity index (χ4n) is 2.53. The largest absolute Gasteiger partial charge is 0.326 e. The van der Waals surface area contributed by atoms with Gasteiger partial charge in [-0.25, -0.2) is 10.2 Å². The summed E-state index contributed by atoms with van der Waals surface area (Å²) in [5, 5.41) is 13.8. The van der Waals surface area contributed by atoms with E-state index in [1.807, 2.05) is 25.3 Å². The maximum absolute atomic E-state index is 13.2. The molecule has 4 N–H and O–H groups in total. The predicted molar refractivity (Wildman–Crippen MR) is 105 cm³/mol. The fraction of sp³-hybridized carbons (Fsp3) is 0.333. The Morgan fingerprint density at radius 3 is 2.73 bits per heavy atom. The van der Waals surface area contributed by atoms with Gasteiger partial charge >= 0.3 is 0 Å². The van der Waals surface area contributed by atoms with Crippen LogP contribution in [0.1, 0.15) is 36.6 Å². The number of amidine groups is 1. The SMILES string of the molecule is C[C@H](C[C@H](C)c1cc(C(=N)N(C)N)cs1)C(=O)Nc1ccc(F)c(Cl)c1. The van der Waals surface area contributed by atoms with Gasteiger partial charge in [-0.05, 0) is 36.6 Å². The van der Waals surface area contributed by atoms with Gasteiger partial charge in [0.25, 0.3) is 0 Å². The van der Waals surface area contributed by atoms with Crippen molar-refractivity contribution in [2.75, 3.05) is 12.4 Å². The Balaban J connectivity index is 1.97. The second-order valence-corrected chi connectivity index (χ2v) is 7.70. The van der Waals surface area contributed by atoms with Crippen molar-refractivity contribution >= 4 is 40.4 Å². The Kier molecular flexibility index (Phi) is 6.75. The van der Waals surface area contributed by atoms with Crippen molar-refractivity contribution in [2.45, 2.75) is 26.2 Å². The van der Waals surface area contributed by atoms with Gasteiger partial charge in [0.1, 0.15) is 11.7 Å². The average molecular weight is 397 g/mol. The third kappa shape index (κ3) is 5.03. The Hall–Kier alpha value is -1.96. The molecular weight excluding hydrogens is 375 g/mol. The van der Waals surface area contributed by atoms with E-state index < -0.39 is 5.82 Å². The molecule has 0 aliphatic carbocycles. The van der Waals surface area contributed by atoms with Crippen molar-refractivity contribution in [2.24, 2.45) is 11.8 Å². The van der Waals surface area contributed by atoms with Gasteiger partial charge in [0, 0.05) is 34.5 Å². The zero-order valence-corrected chi connectivity index (χ0v) is 16.4. The van der Waals surface area contributed by atoms with Gasteiger partial charge in [0.15, 0.2) is 0 Å². The van der Waals surface area contributed by atoms with E-state index in [2.05, 4.69) is 5.32 Å². The lowest BCUT2D eigenvalue weighted by Crippen LogP contribution is -2.32. The van der Waals surface area contributed by atoms with E-state index in [1.54, 1.807) is 18.4 Å². The molecule has 0 radical (unpaired) electrons. The fourth-order valence-corrected chi connectivity index (χ4v) is 3.68. The molecule has 0 unspecified atom stereocenters. The van der Waals surface area contributed by atoms with Crippen LogP contribution in [0, 0.1) is 17.1 Å². The van der Waals surface area contributed by atoms with Crippen molar-refractivity contribution in [3.63, 3.8) is 0 Å². The molecule has 0 saturated heterocycles. The number of carbonyl (C=O) groups excluding carboxylic acids is 1. The highest BCUT2D eigenvalue weighted by atomic mass is 35.5. The highest BCUT2D eigenvalue weighted by Gasteiger charge is 2.20. The molecule has 0 aliphatic rings. The first kappa shape index (κ1) is 20.4. The molecule has 2 atom stereocenters. The Bertz CT molecular complexity index is 808.